The van der Waals surface area contributed by atoms with Crippen molar-refractivity contribution in [1.29, 1.82) is 0 Å². The largest absolute Gasteiger partial charge is 0.481 e. The van der Waals surface area contributed by atoms with Crippen molar-refractivity contribution in [2.24, 2.45) is 0 Å². The quantitative estimate of drug-likeness (QED) is 0.431. The van der Waals surface area contributed by atoms with E-state index in [4.69, 9.17) is 22.8 Å². The summed E-state index contributed by atoms with van der Waals surface area (Å²) in [7, 11) is 0. The van der Waals surface area contributed by atoms with Gasteiger partial charge in [0, 0.05) is 39.3 Å². The van der Waals surface area contributed by atoms with Crippen molar-refractivity contribution >= 4 is 23.2 Å². The molecule has 0 N–H and O–H groups in total. The van der Waals surface area contributed by atoms with Crippen LogP contribution in [0.25, 0.3) is 5.70 Å². The molecule has 1 aliphatic heterocycles. The first-order valence-corrected chi connectivity index (χ1v) is 7.05. The molecule has 0 bridgehead atoms. The second kappa shape index (κ2) is 8.77. The molecule has 23 heavy (non-hydrogen) atoms. The average Bonchev–Trinajstić information content (AvgIpc) is 2.48. The van der Waals surface area contributed by atoms with Crippen LogP contribution in [0.5, 0.6) is 5.75 Å². The van der Waals surface area contributed by atoms with Crippen LogP contribution in [0.4, 0.5) is 8.78 Å². The molecule has 0 fully saturated rings. The summed E-state index contributed by atoms with van der Waals surface area (Å²) in [4.78, 5) is 13.2. The number of alkyl halides is 1. The topological polar surface area (TPSA) is 29.5 Å². The zero-order chi connectivity index (χ0) is 16.3. The Morgan fingerprint density at radius 1 is 1.48 bits per heavy atom. The van der Waals surface area contributed by atoms with Gasteiger partial charge in [0.2, 0.25) is 5.91 Å². The Hall–Kier alpha value is -0.956. The molecule has 1 aliphatic rings. The van der Waals surface area contributed by atoms with E-state index in [0.717, 1.165) is 12.1 Å². The van der Waals surface area contributed by atoms with E-state index in [1.807, 2.05) is 0 Å². The Balaban J connectivity index is 0.00000264. The molecule has 1 heterocycles. The number of hydrogen-bond donors (Lipinski definition) is 0. The fourth-order valence-corrected chi connectivity index (χ4v) is 2.36. The van der Waals surface area contributed by atoms with Gasteiger partial charge < -0.3 is 9.64 Å². The molecule has 0 spiro atoms. The van der Waals surface area contributed by atoms with Crippen LogP contribution in [0.3, 0.4) is 0 Å². The predicted octanol–water partition coefficient (Wildman–Crippen LogP) is 2.98. The number of terminal acetylenes is 1. The summed E-state index contributed by atoms with van der Waals surface area (Å²) in [6.07, 6.45) is 7.93. The Kier molecular flexibility index (Phi) is 7.66. The molecule has 1 atom stereocenters. The van der Waals surface area contributed by atoms with Gasteiger partial charge in [-0.2, -0.15) is 0 Å². The number of rotatable bonds is 4. The minimum Gasteiger partial charge on any atom is -0.481 e. The maximum atomic E-state index is 14.3. The smallest absolute Gasteiger partial charge is 0.241 e. The van der Waals surface area contributed by atoms with Crippen LogP contribution < -0.4 is 4.74 Å². The number of carbonyl (C=O) groups is 1. The van der Waals surface area contributed by atoms with Gasteiger partial charge in [-0.15, -0.1) is 23.7 Å². The van der Waals surface area contributed by atoms with Crippen LogP contribution in [-0.2, 0) is 37.5 Å². The molecule has 0 saturated carbocycles. The number of amides is 1. The number of nitrogens with zero attached hydrogens (tertiary/aromatic N) is 1. The van der Waals surface area contributed by atoms with Gasteiger partial charge >= 0.3 is 0 Å². The van der Waals surface area contributed by atoms with Gasteiger partial charge in [0.05, 0.1) is 11.6 Å². The van der Waals surface area contributed by atoms with Gasteiger partial charge in [-0.25, -0.2) is 14.9 Å². The van der Waals surface area contributed by atoms with Crippen LogP contribution in [-0.4, -0.2) is 29.3 Å². The molecule has 1 aromatic carbocycles. The molecule has 1 amide bonds. The fraction of sp³-hybridized carbons (Fsp3) is 0.312. The van der Waals surface area contributed by atoms with E-state index in [9.17, 15) is 13.6 Å². The Morgan fingerprint density at radius 2 is 2.09 bits per heavy atom. The van der Waals surface area contributed by atoms with Crippen LogP contribution in [0.1, 0.15) is 18.9 Å². The SMILES string of the molecule is C#CCOc1cc(F)c(C2=[C-]CC(Cl)C(=O)N2CC)c(F)c1.[Y]. The van der Waals surface area contributed by atoms with Gasteiger partial charge in [-0.05, 0) is 19.1 Å². The van der Waals surface area contributed by atoms with Gasteiger partial charge in [-0.1, -0.05) is 17.9 Å². The normalized spacial score (nSPS) is 17.2. The van der Waals surface area contributed by atoms with Crippen LogP contribution in [0.15, 0.2) is 12.1 Å². The van der Waals surface area contributed by atoms with Gasteiger partial charge in [0.1, 0.15) is 17.7 Å². The maximum Gasteiger partial charge on any atom is 0.241 e. The van der Waals surface area contributed by atoms with Crippen molar-refractivity contribution in [3.05, 3.63) is 35.4 Å². The third kappa shape index (κ3) is 4.32. The van der Waals surface area contributed by atoms with E-state index in [2.05, 4.69) is 12.0 Å². The van der Waals surface area contributed by atoms with Crippen molar-refractivity contribution < 1.29 is 51.0 Å². The summed E-state index contributed by atoms with van der Waals surface area (Å²) in [6, 6.07) is 2.05. The summed E-state index contributed by atoms with van der Waals surface area (Å²) in [5.41, 5.74) is -0.269. The monoisotopic (exact) mass is 413 g/mol. The average molecular weight is 414 g/mol. The van der Waals surface area contributed by atoms with Crippen LogP contribution >= 0.6 is 11.6 Å². The predicted molar refractivity (Wildman–Crippen MR) is 79.0 cm³/mol. The second-order valence-electron chi connectivity index (χ2n) is 4.53. The zero-order valence-corrected chi connectivity index (χ0v) is 16.0. The summed E-state index contributed by atoms with van der Waals surface area (Å²) in [6.45, 7) is 1.83. The molecular formula is C16H13ClF2NO2Y-. The second-order valence-corrected chi connectivity index (χ2v) is 5.06. The van der Waals surface area contributed by atoms with E-state index in [1.54, 1.807) is 6.92 Å². The third-order valence-electron chi connectivity index (χ3n) is 3.14. The minimum atomic E-state index is -0.853. The van der Waals surface area contributed by atoms with E-state index in [0.29, 0.717) is 0 Å². The number of benzene rings is 1. The van der Waals surface area contributed by atoms with Crippen LogP contribution in [0.2, 0.25) is 0 Å². The van der Waals surface area contributed by atoms with Gasteiger partial charge in [0.15, 0.2) is 0 Å². The molecule has 1 aromatic rings. The zero-order valence-electron chi connectivity index (χ0n) is 12.4. The van der Waals surface area contributed by atoms with E-state index in [-0.39, 0.29) is 69.3 Å². The Labute approximate surface area is 163 Å². The molecule has 2 rings (SSSR count). The summed E-state index contributed by atoms with van der Waals surface area (Å²) in [5.74, 6) is 0.0870. The van der Waals surface area contributed by atoms with Crippen molar-refractivity contribution in [1.82, 2.24) is 4.90 Å². The number of hydrogen-bond acceptors (Lipinski definition) is 2. The first-order valence-electron chi connectivity index (χ1n) is 6.61. The molecule has 7 heteroatoms. The standard InChI is InChI=1S/C16H13ClF2NO2.Y/c1-3-7-22-10-8-12(18)15(13(19)9-10)14-6-5-11(17)16(21)20(14)4-2;/h1,8-9,11H,4-5,7H2,2H3;/q-1;. The van der Waals surface area contributed by atoms with Gasteiger partial charge in [0.25, 0.3) is 0 Å². The molecule has 0 aromatic heterocycles. The molecule has 119 valence electrons. The number of allylic oxidation sites excluding steroid dienone is 1. The Bertz CT molecular complexity index is 650. The molecule has 1 radical (unpaired) electrons. The van der Waals surface area contributed by atoms with Crippen molar-refractivity contribution in [3.63, 3.8) is 0 Å². The Morgan fingerprint density at radius 3 is 2.61 bits per heavy atom. The summed E-state index contributed by atoms with van der Waals surface area (Å²) >= 11 is 5.86. The van der Waals surface area contributed by atoms with E-state index in [1.165, 1.54) is 4.90 Å². The first-order chi connectivity index (χ1) is 10.5. The molecule has 0 aliphatic carbocycles. The maximum absolute atomic E-state index is 14.3. The summed E-state index contributed by atoms with van der Waals surface area (Å²) in [5, 5.41) is -0.770. The van der Waals surface area contributed by atoms with E-state index >= 15 is 0 Å². The molecule has 1 unspecified atom stereocenters. The third-order valence-corrected chi connectivity index (χ3v) is 3.48. The van der Waals surface area contributed by atoms with Crippen LogP contribution in [0, 0.1) is 30.1 Å². The van der Waals surface area contributed by atoms with Crippen molar-refractivity contribution in [2.75, 3.05) is 13.2 Å². The van der Waals surface area contributed by atoms with Crippen molar-refractivity contribution in [2.45, 2.75) is 18.7 Å². The number of carbonyl (C=O) groups excluding carboxylic acids is 1. The molecule has 0 saturated heterocycles. The summed E-state index contributed by atoms with van der Waals surface area (Å²) < 4.78 is 33.5. The van der Waals surface area contributed by atoms with Gasteiger partial charge in [-0.3, -0.25) is 4.79 Å². The number of ether oxygens (including phenoxy) is 1. The minimum absolute atomic E-state index is 0. The molecular weight excluding hydrogens is 401 g/mol. The molecule has 3 nitrogen and oxygen atoms in total. The van der Waals surface area contributed by atoms with E-state index < -0.39 is 22.9 Å². The van der Waals surface area contributed by atoms with Crippen molar-refractivity contribution in [3.8, 4) is 18.1 Å². The first kappa shape index (κ1) is 20.1. The number of halogens is 3. The fourth-order valence-electron chi connectivity index (χ4n) is 2.17.